The van der Waals surface area contributed by atoms with Gasteiger partial charge in [-0.1, -0.05) is 6.92 Å². The van der Waals surface area contributed by atoms with Gasteiger partial charge in [-0.2, -0.15) is 0 Å². The van der Waals surface area contributed by atoms with Gasteiger partial charge in [0.15, 0.2) is 0 Å². The van der Waals surface area contributed by atoms with Crippen molar-refractivity contribution in [2.45, 2.75) is 58.0 Å². The van der Waals surface area contributed by atoms with E-state index in [9.17, 15) is 9.59 Å². The van der Waals surface area contributed by atoms with Crippen LogP contribution in [-0.2, 0) is 9.59 Å². The molecule has 5 nitrogen and oxygen atoms in total. The minimum absolute atomic E-state index is 0. The Balaban J connectivity index is 0.00000324. The topological polar surface area (TPSA) is 75.4 Å². The summed E-state index contributed by atoms with van der Waals surface area (Å²) in [7, 11) is 0. The third-order valence-corrected chi connectivity index (χ3v) is 3.33. The van der Waals surface area contributed by atoms with Crippen LogP contribution in [0.4, 0.5) is 0 Å². The molecule has 1 fully saturated rings. The molecule has 2 atom stereocenters. The fourth-order valence-electron chi connectivity index (χ4n) is 2.26. The number of carbonyl (C=O) groups excluding carboxylic acids is 2. The Morgan fingerprint density at radius 2 is 2.11 bits per heavy atom. The SMILES string of the molecule is CCCC(=O)N1CCCCC1C(=O)N[C@@H](C)CN.Cl. The van der Waals surface area contributed by atoms with Crippen molar-refractivity contribution in [2.24, 2.45) is 5.73 Å². The number of hydrogen-bond acceptors (Lipinski definition) is 3. The zero-order valence-corrected chi connectivity index (χ0v) is 12.7. The van der Waals surface area contributed by atoms with Crippen molar-refractivity contribution in [3.63, 3.8) is 0 Å². The molecule has 1 aliphatic heterocycles. The van der Waals surface area contributed by atoms with Gasteiger partial charge in [0, 0.05) is 25.6 Å². The molecular weight excluding hydrogens is 266 g/mol. The number of nitrogens with zero attached hydrogens (tertiary/aromatic N) is 1. The molecule has 19 heavy (non-hydrogen) atoms. The minimum Gasteiger partial charge on any atom is -0.351 e. The van der Waals surface area contributed by atoms with Crippen LogP contribution in [0.25, 0.3) is 0 Å². The molecule has 1 unspecified atom stereocenters. The normalized spacial score (nSPS) is 20.4. The fourth-order valence-corrected chi connectivity index (χ4v) is 2.26. The monoisotopic (exact) mass is 291 g/mol. The van der Waals surface area contributed by atoms with Crippen LogP contribution >= 0.6 is 12.4 Å². The van der Waals surface area contributed by atoms with E-state index >= 15 is 0 Å². The number of hydrogen-bond donors (Lipinski definition) is 2. The maximum atomic E-state index is 12.1. The number of rotatable bonds is 5. The second-order valence-electron chi connectivity index (χ2n) is 4.99. The summed E-state index contributed by atoms with van der Waals surface area (Å²) >= 11 is 0. The van der Waals surface area contributed by atoms with Crippen LogP contribution in [0.2, 0.25) is 0 Å². The molecule has 0 aromatic heterocycles. The molecule has 3 N–H and O–H groups in total. The van der Waals surface area contributed by atoms with E-state index in [0.717, 1.165) is 25.7 Å². The maximum absolute atomic E-state index is 12.1. The quantitative estimate of drug-likeness (QED) is 0.795. The molecule has 1 heterocycles. The zero-order valence-electron chi connectivity index (χ0n) is 11.9. The van der Waals surface area contributed by atoms with Crippen molar-refractivity contribution < 1.29 is 9.59 Å². The third-order valence-electron chi connectivity index (χ3n) is 3.33. The minimum atomic E-state index is -0.299. The van der Waals surface area contributed by atoms with E-state index in [4.69, 9.17) is 5.73 Å². The first-order valence-corrected chi connectivity index (χ1v) is 6.90. The zero-order chi connectivity index (χ0) is 13.5. The van der Waals surface area contributed by atoms with Gasteiger partial charge in [0.25, 0.3) is 0 Å². The van der Waals surface area contributed by atoms with E-state index < -0.39 is 0 Å². The number of likely N-dealkylation sites (tertiary alicyclic amines) is 1. The Kier molecular flexibility index (Phi) is 8.76. The van der Waals surface area contributed by atoms with Crippen LogP contribution in [0.15, 0.2) is 0 Å². The van der Waals surface area contributed by atoms with Gasteiger partial charge in [0.05, 0.1) is 0 Å². The molecule has 0 aliphatic carbocycles. The highest BCUT2D eigenvalue weighted by atomic mass is 35.5. The highest BCUT2D eigenvalue weighted by Gasteiger charge is 2.31. The van der Waals surface area contributed by atoms with E-state index in [1.165, 1.54) is 0 Å². The lowest BCUT2D eigenvalue weighted by molar-refractivity contribution is -0.142. The van der Waals surface area contributed by atoms with Crippen LogP contribution in [0.3, 0.4) is 0 Å². The number of amides is 2. The third kappa shape index (κ3) is 5.37. The number of nitrogens with two attached hydrogens (primary N) is 1. The summed E-state index contributed by atoms with van der Waals surface area (Å²) in [5, 5.41) is 2.87. The second kappa shape index (κ2) is 9.15. The Bertz CT molecular complexity index is 300. The smallest absolute Gasteiger partial charge is 0.243 e. The second-order valence-corrected chi connectivity index (χ2v) is 4.99. The highest BCUT2D eigenvalue weighted by Crippen LogP contribution is 2.18. The van der Waals surface area contributed by atoms with Crippen LogP contribution in [0.5, 0.6) is 0 Å². The molecule has 2 amide bonds. The molecule has 1 aliphatic rings. The first kappa shape index (κ1) is 18.2. The molecular formula is C13H26ClN3O2. The van der Waals surface area contributed by atoms with Gasteiger partial charge in [0.1, 0.15) is 6.04 Å². The number of halogens is 1. The van der Waals surface area contributed by atoms with Crippen molar-refractivity contribution in [3.05, 3.63) is 0 Å². The summed E-state index contributed by atoms with van der Waals surface area (Å²) in [6, 6.07) is -0.339. The Morgan fingerprint density at radius 3 is 2.68 bits per heavy atom. The predicted molar refractivity (Wildman–Crippen MR) is 78.2 cm³/mol. The molecule has 6 heteroatoms. The Hall–Kier alpha value is -0.810. The van der Waals surface area contributed by atoms with Gasteiger partial charge in [0.2, 0.25) is 11.8 Å². The van der Waals surface area contributed by atoms with E-state index in [2.05, 4.69) is 5.32 Å². The number of nitrogens with one attached hydrogen (secondary N) is 1. The van der Waals surface area contributed by atoms with Crippen LogP contribution in [0.1, 0.15) is 46.0 Å². The van der Waals surface area contributed by atoms with Gasteiger partial charge in [-0.25, -0.2) is 0 Å². The largest absolute Gasteiger partial charge is 0.351 e. The molecule has 0 saturated carbocycles. The summed E-state index contributed by atoms with van der Waals surface area (Å²) in [6.45, 7) is 4.97. The molecule has 0 bridgehead atoms. The van der Waals surface area contributed by atoms with Crippen LogP contribution in [0, 0.1) is 0 Å². The van der Waals surface area contributed by atoms with E-state index in [1.54, 1.807) is 4.90 Å². The summed E-state index contributed by atoms with van der Waals surface area (Å²) in [4.78, 5) is 25.9. The molecule has 0 aromatic carbocycles. The fraction of sp³-hybridized carbons (Fsp3) is 0.846. The number of piperidine rings is 1. The Labute approximate surface area is 121 Å². The van der Waals surface area contributed by atoms with E-state index in [-0.39, 0.29) is 36.3 Å². The lowest BCUT2D eigenvalue weighted by Gasteiger charge is -2.35. The molecule has 112 valence electrons. The van der Waals surface area contributed by atoms with E-state index in [1.807, 2.05) is 13.8 Å². The van der Waals surface area contributed by atoms with Crippen molar-refractivity contribution in [1.82, 2.24) is 10.2 Å². The molecule has 1 rings (SSSR count). The maximum Gasteiger partial charge on any atom is 0.243 e. The average Bonchev–Trinajstić information content (AvgIpc) is 2.38. The lowest BCUT2D eigenvalue weighted by atomic mass is 10.0. The van der Waals surface area contributed by atoms with Gasteiger partial charge in [-0.15, -0.1) is 12.4 Å². The van der Waals surface area contributed by atoms with Crippen LogP contribution in [-0.4, -0.2) is 41.9 Å². The van der Waals surface area contributed by atoms with Crippen molar-refractivity contribution >= 4 is 24.2 Å². The highest BCUT2D eigenvalue weighted by molar-refractivity contribution is 5.88. The van der Waals surface area contributed by atoms with Crippen molar-refractivity contribution in [1.29, 1.82) is 0 Å². The summed E-state index contributed by atoms with van der Waals surface area (Å²) in [6.07, 6.45) is 4.11. The van der Waals surface area contributed by atoms with E-state index in [0.29, 0.717) is 19.5 Å². The standard InChI is InChI=1S/C13H25N3O2.ClH/c1-3-6-12(17)16-8-5-4-7-11(16)13(18)15-10(2)9-14;/h10-11H,3-9,14H2,1-2H3,(H,15,18);1H/t10-,11?;/m0./s1. The summed E-state index contributed by atoms with van der Waals surface area (Å²) in [5.74, 6) is 0.0369. The van der Waals surface area contributed by atoms with Gasteiger partial charge >= 0.3 is 0 Å². The van der Waals surface area contributed by atoms with Crippen molar-refractivity contribution in [2.75, 3.05) is 13.1 Å². The predicted octanol–water partition coefficient (Wildman–Crippen LogP) is 1.05. The van der Waals surface area contributed by atoms with Gasteiger partial charge < -0.3 is 16.0 Å². The molecule has 0 radical (unpaired) electrons. The summed E-state index contributed by atoms with van der Waals surface area (Å²) < 4.78 is 0. The Morgan fingerprint density at radius 1 is 1.42 bits per heavy atom. The first-order valence-electron chi connectivity index (χ1n) is 6.90. The van der Waals surface area contributed by atoms with Crippen molar-refractivity contribution in [3.8, 4) is 0 Å². The number of carbonyl (C=O) groups is 2. The van der Waals surface area contributed by atoms with Gasteiger partial charge in [-0.3, -0.25) is 9.59 Å². The van der Waals surface area contributed by atoms with Crippen LogP contribution < -0.4 is 11.1 Å². The molecule has 0 aromatic rings. The molecule has 1 saturated heterocycles. The lowest BCUT2D eigenvalue weighted by Crippen LogP contribution is -2.54. The van der Waals surface area contributed by atoms with Gasteiger partial charge in [-0.05, 0) is 32.6 Å². The summed E-state index contributed by atoms with van der Waals surface area (Å²) in [5.41, 5.74) is 5.50. The first-order chi connectivity index (χ1) is 8.60. The molecule has 0 spiro atoms. The average molecular weight is 292 g/mol.